The molecule has 0 N–H and O–H groups in total. The number of carbonyl (C=O) groups is 2. The first-order valence-corrected chi connectivity index (χ1v) is 5.68. The summed E-state index contributed by atoms with van der Waals surface area (Å²) in [6, 6.07) is 4.43. The second kappa shape index (κ2) is 3.76. The number of benzene rings is 1. The first-order valence-electron chi connectivity index (χ1n) is 5.68. The van der Waals surface area contributed by atoms with E-state index in [9.17, 15) is 14.0 Å². The van der Waals surface area contributed by atoms with E-state index in [0.717, 1.165) is 0 Å². The predicted octanol–water partition coefficient (Wildman–Crippen LogP) is 2.80. The second-order valence-corrected chi connectivity index (χ2v) is 5.50. The smallest absolute Gasteiger partial charge is 0.174 e. The number of Topliss-reactive ketones (excluding diaryl/α,β-unsaturated/α-hetero) is 2. The minimum absolute atomic E-state index is 0.113. The lowest BCUT2D eigenvalue weighted by atomic mass is 9.81. The van der Waals surface area contributed by atoms with Crippen LogP contribution in [0, 0.1) is 17.2 Å². The molecule has 0 aliphatic heterocycles. The number of hydrogen-bond acceptors (Lipinski definition) is 2. The Morgan fingerprint density at radius 3 is 2.53 bits per heavy atom. The standard InChI is InChI=1S/C14H15FO2/c1-14(2,3)13(17)10-7-9-8(12(10)16)5-4-6-11(9)15/h4-6,10H,7H2,1-3H3. The molecule has 0 aromatic heterocycles. The molecule has 2 nitrogen and oxygen atoms in total. The zero-order valence-electron chi connectivity index (χ0n) is 10.2. The highest BCUT2D eigenvalue weighted by Gasteiger charge is 2.41. The Hall–Kier alpha value is -1.51. The van der Waals surface area contributed by atoms with E-state index >= 15 is 0 Å². The molecule has 0 heterocycles. The van der Waals surface area contributed by atoms with Gasteiger partial charge in [0, 0.05) is 11.0 Å². The van der Waals surface area contributed by atoms with Gasteiger partial charge in [0.15, 0.2) is 5.78 Å². The van der Waals surface area contributed by atoms with Crippen LogP contribution in [0.5, 0.6) is 0 Å². The van der Waals surface area contributed by atoms with E-state index in [1.807, 2.05) is 0 Å². The maximum absolute atomic E-state index is 13.5. The van der Waals surface area contributed by atoms with Crippen LogP contribution in [0.1, 0.15) is 36.7 Å². The first kappa shape index (κ1) is 12.0. The topological polar surface area (TPSA) is 34.1 Å². The van der Waals surface area contributed by atoms with Crippen LogP contribution in [-0.2, 0) is 11.2 Å². The van der Waals surface area contributed by atoms with Crippen LogP contribution >= 0.6 is 0 Å². The fourth-order valence-electron chi connectivity index (χ4n) is 2.22. The summed E-state index contributed by atoms with van der Waals surface area (Å²) in [4.78, 5) is 24.2. The van der Waals surface area contributed by atoms with Crippen LogP contribution in [0.4, 0.5) is 4.39 Å². The molecule has 0 radical (unpaired) electrons. The molecule has 1 unspecified atom stereocenters. The van der Waals surface area contributed by atoms with Crippen molar-refractivity contribution in [1.29, 1.82) is 0 Å². The molecule has 0 fully saturated rings. The number of fused-ring (bicyclic) bond motifs is 1. The molecule has 0 saturated heterocycles. The Labute approximate surface area is 99.8 Å². The lowest BCUT2D eigenvalue weighted by Crippen LogP contribution is -2.31. The van der Waals surface area contributed by atoms with E-state index in [2.05, 4.69) is 0 Å². The van der Waals surface area contributed by atoms with Crippen LogP contribution in [-0.4, -0.2) is 11.6 Å². The van der Waals surface area contributed by atoms with Gasteiger partial charge in [0.25, 0.3) is 0 Å². The zero-order chi connectivity index (χ0) is 12.8. The van der Waals surface area contributed by atoms with Crippen LogP contribution in [0.2, 0.25) is 0 Å². The molecular weight excluding hydrogens is 219 g/mol. The van der Waals surface area contributed by atoms with Crippen LogP contribution in [0.15, 0.2) is 18.2 Å². The average Bonchev–Trinajstić information content (AvgIpc) is 2.56. The summed E-state index contributed by atoms with van der Waals surface area (Å²) >= 11 is 0. The fourth-order valence-corrected chi connectivity index (χ4v) is 2.22. The van der Waals surface area contributed by atoms with Gasteiger partial charge in [0.1, 0.15) is 11.6 Å². The van der Waals surface area contributed by atoms with E-state index in [1.54, 1.807) is 26.8 Å². The van der Waals surface area contributed by atoms with E-state index in [0.29, 0.717) is 11.1 Å². The van der Waals surface area contributed by atoms with E-state index in [4.69, 9.17) is 0 Å². The van der Waals surface area contributed by atoms with Crippen molar-refractivity contribution in [3.8, 4) is 0 Å². The lowest BCUT2D eigenvalue weighted by molar-refractivity contribution is -0.128. The SMILES string of the molecule is CC(C)(C)C(=O)C1Cc2c(F)cccc2C1=O. The minimum Gasteiger partial charge on any atom is -0.298 e. The predicted molar refractivity (Wildman–Crippen MR) is 62.4 cm³/mol. The van der Waals surface area contributed by atoms with Gasteiger partial charge >= 0.3 is 0 Å². The number of hydrogen-bond donors (Lipinski definition) is 0. The summed E-state index contributed by atoms with van der Waals surface area (Å²) in [5.41, 5.74) is 0.187. The highest BCUT2D eigenvalue weighted by molar-refractivity contribution is 6.15. The molecule has 0 spiro atoms. The number of rotatable bonds is 1. The van der Waals surface area contributed by atoms with Crippen LogP contribution in [0.3, 0.4) is 0 Å². The van der Waals surface area contributed by atoms with Gasteiger partial charge in [-0.15, -0.1) is 0 Å². The molecule has 17 heavy (non-hydrogen) atoms. The largest absolute Gasteiger partial charge is 0.298 e. The van der Waals surface area contributed by atoms with E-state index in [-0.39, 0.29) is 23.8 Å². The van der Waals surface area contributed by atoms with Gasteiger partial charge in [-0.25, -0.2) is 4.39 Å². The quantitative estimate of drug-likeness (QED) is 0.700. The van der Waals surface area contributed by atoms with Crippen molar-refractivity contribution in [2.24, 2.45) is 11.3 Å². The van der Waals surface area contributed by atoms with Gasteiger partial charge in [-0.2, -0.15) is 0 Å². The zero-order valence-corrected chi connectivity index (χ0v) is 10.2. The van der Waals surface area contributed by atoms with E-state index in [1.165, 1.54) is 12.1 Å². The molecule has 1 aromatic rings. The molecule has 1 aliphatic rings. The summed E-state index contributed by atoms with van der Waals surface area (Å²) in [7, 11) is 0. The molecule has 1 aromatic carbocycles. The number of halogens is 1. The third-order valence-electron chi connectivity index (χ3n) is 3.16. The molecule has 1 atom stereocenters. The highest BCUT2D eigenvalue weighted by atomic mass is 19.1. The molecule has 0 saturated carbocycles. The summed E-state index contributed by atoms with van der Waals surface area (Å²) in [5.74, 6) is -1.44. The van der Waals surface area contributed by atoms with E-state index < -0.39 is 11.3 Å². The van der Waals surface area contributed by atoms with Gasteiger partial charge in [0.2, 0.25) is 0 Å². The van der Waals surface area contributed by atoms with Crippen molar-refractivity contribution in [3.05, 3.63) is 35.1 Å². The Morgan fingerprint density at radius 2 is 2.00 bits per heavy atom. The molecule has 0 amide bonds. The molecule has 1 aliphatic carbocycles. The number of carbonyl (C=O) groups excluding carboxylic acids is 2. The summed E-state index contributed by atoms with van der Waals surface area (Å²) < 4.78 is 13.5. The summed E-state index contributed by atoms with van der Waals surface area (Å²) in [5, 5.41) is 0. The van der Waals surface area contributed by atoms with Gasteiger partial charge in [-0.05, 0) is 18.1 Å². The Kier molecular flexibility index (Phi) is 2.64. The molecule has 0 bridgehead atoms. The van der Waals surface area contributed by atoms with Gasteiger partial charge in [-0.3, -0.25) is 9.59 Å². The Bertz CT molecular complexity index is 497. The third kappa shape index (κ3) is 1.90. The van der Waals surface area contributed by atoms with Crippen LogP contribution < -0.4 is 0 Å². The van der Waals surface area contributed by atoms with Crippen molar-refractivity contribution in [2.75, 3.05) is 0 Å². The molecule has 2 rings (SSSR count). The normalized spacial score (nSPS) is 19.3. The van der Waals surface area contributed by atoms with Crippen molar-refractivity contribution in [3.63, 3.8) is 0 Å². The van der Waals surface area contributed by atoms with Crippen molar-refractivity contribution < 1.29 is 14.0 Å². The first-order chi connectivity index (χ1) is 7.82. The van der Waals surface area contributed by atoms with Crippen molar-refractivity contribution >= 4 is 11.6 Å². The minimum atomic E-state index is -0.707. The summed E-state index contributed by atoms with van der Waals surface area (Å²) in [6.07, 6.45) is 0.205. The monoisotopic (exact) mass is 234 g/mol. The summed E-state index contributed by atoms with van der Waals surface area (Å²) in [6.45, 7) is 5.34. The van der Waals surface area contributed by atoms with Gasteiger partial charge in [-0.1, -0.05) is 32.9 Å². The average molecular weight is 234 g/mol. The second-order valence-electron chi connectivity index (χ2n) is 5.50. The van der Waals surface area contributed by atoms with Crippen molar-refractivity contribution in [2.45, 2.75) is 27.2 Å². The van der Waals surface area contributed by atoms with Gasteiger partial charge in [0.05, 0.1) is 5.92 Å². The van der Waals surface area contributed by atoms with Gasteiger partial charge < -0.3 is 0 Å². The van der Waals surface area contributed by atoms with Crippen molar-refractivity contribution in [1.82, 2.24) is 0 Å². The maximum Gasteiger partial charge on any atom is 0.174 e. The number of ketones is 2. The highest BCUT2D eigenvalue weighted by Crippen LogP contribution is 2.33. The lowest BCUT2D eigenvalue weighted by Gasteiger charge is -2.20. The van der Waals surface area contributed by atoms with Crippen LogP contribution in [0.25, 0.3) is 0 Å². The molecule has 3 heteroatoms. The third-order valence-corrected chi connectivity index (χ3v) is 3.16. The Morgan fingerprint density at radius 1 is 1.35 bits per heavy atom. The fraction of sp³-hybridized carbons (Fsp3) is 0.429. The Balaban J connectivity index is 2.39. The molecular formula is C14H15FO2. The molecule has 90 valence electrons. The maximum atomic E-state index is 13.5.